The molecule has 0 aliphatic carbocycles. The van der Waals surface area contributed by atoms with Gasteiger partial charge in [0.05, 0.1) is 0 Å². The van der Waals surface area contributed by atoms with Crippen molar-refractivity contribution < 1.29 is 28.6 Å². The Morgan fingerprint density at radius 1 is 0.266 bits per heavy atom. The van der Waals surface area contributed by atoms with E-state index in [0.29, 0.717) is 19.3 Å². The lowest BCUT2D eigenvalue weighted by molar-refractivity contribution is -0.167. The van der Waals surface area contributed by atoms with Crippen LogP contribution in [-0.2, 0) is 28.6 Å². The molecule has 79 heavy (non-hydrogen) atoms. The highest BCUT2D eigenvalue weighted by Gasteiger charge is 2.19. The molecule has 1 atom stereocenters. The number of hydrogen-bond donors (Lipinski definition) is 0. The number of hydrogen-bond acceptors (Lipinski definition) is 6. The van der Waals surface area contributed by atoms with Crippen molar-refractivity contribution in [3.05, 3.63) is 48.6 Å². The summed E-state index contributed by atoms with van der Waals surface area (Å²) in [6, 6.07) is 0. The number of carbonyl (C=O) groups is 3. The predicted molar refractivity (Wildman–Crippen MR) is 344 cm³/mol. The van der Waals surface area contributed by atoms with Crippen LogP contribution >= 0.6 is 0 Å². The third-order valence-corrected chi connectivity index (χ3v) is 15.8. The van der Waals surface area contributed by atoms with Gasteiger partial charge < -0.3 is 14.2 Å². The van der Waals surface area contributed by atoms with Gasteiger partial charge >= 0.3 is 17.9 Å². The summed E-state index contributed by atoms with van der Waals surface area (Å²) in [6.45, 7) is 6.52. The van der Waals surface area contributed by atoms with Crippen LogP contribution < -0.4 is 0 Å². The van der Waals surface area contributed by atoms with Crippen LogP contribution in [0.25, 0.3) is 0 Å². The van der Waals surface area contributed by atoms with Gasteiger partial charge in [-0.3, -0.25) is 14.4 Å². The number of ether oxygens (including phenoxy) is 3. The summed E-state index contributed by atoms with van der Waals surface area (Å²) in [6.07, 6.45) is 86.1. The van der Waals surface area contributed by atoms with E-state index < -0.39 is 6.10 Å². The van der Waals surface area contributed by atoms with E-state index in [-0.39, 0.29) is 31.1 Å². The second-order valence-electron chi connectivity index (χ2n) is 23.8. The molecular weight excluding hydrogens is 973 g/mol. The van der Waals surface area contributed by atoms with Crippen LogP contribution in [0.4, 0.5) is 0 Å². The van der Waals surface area contributed by atoms with Gasteiger partial charge in [0.1, 0.15) is 13.2 Å². The molecule has 462 valence electrons. The number of rotatable bonds is 65. The maximum Gasteiger partial charge on any atom is 0.306 e. The maximum atomic E-state index is 12.9. The highest BCUT2D eigenvalue weighted by atomic mass is 16.6. The zero-order valence-electron chi connectivity index (χ0n) is 53.2. The van der Waals surface area contributed by atoms with Crippen molar-refractivity contribution in [3.8, 4) is 0 Å². The first-order valence-electron chi connectivity index (χ1n) is 35.1. The number of allylic oxidation sites excluding steroid dienone is 8. The van der Waals surface area contributed by atoms with Crippen molar-refractivity contribution in [3.63, 3.8) is 0 Å². The largest absolute Gasteiger partial charge is 0.462 e. The molecule has 6 nitrogen and oxygen atoms in total. The van der Waals surface area contributed by atoms with Crippen LogP contribution in [0.2, 0.25) is 0 Å². The molecule has 0 fully saturated rings. The van der Waals surface area contributed by atoms with Crippen molar-refractivity contribution in [1.82, 2.24) is 0 Å². The molecule has 0 saturated carbocycles. The minimum absolute atomic E-state index is 0.0797. The van der Waals surface area contributed by atoms with Crippen LogP contribution in [-0.4, -0.2) is 37.2 Å². The summed E-state index contributed by atoms with van der Waals surface area (Å²) in [5, 5.41) is 0. The summed E-state index contributed by atoms with van der Waals surface area (Å²) in [7, 11) is 0. The normalized spacial score (nSPS) is 12.3. The monoisotopic (exact) mass is 1110 g/mol. The first kappa shape index (κ1) is 76.4. The third kappa shape index (κ3) is 66.1. The molecular formula is C73H134O6. The van der Waals surface area contributed by atoms with Gasteiger partial charge in [-0.05, 0) is 70.6 Å². The van der Waals surface area contributed by atoms with Crippen molar-refractivity contribution in [2.75, 3.05) is 13.2 Å². The van der Waals surface area contributed by atoms with E-state index in [1.807, 2.05) is 0 Å². The van der Waals surface area contributed by atoms with E-state index in [1.165, 1.54) is 238 Å². The smallest absolute Gasteiger partial charge is 0.306 e. The Morgan fingerprint density at radius 2 is 0.506 bits per heavy atom. The first-order valence-corrected chi connectivity index (χ1v) is 35.1. The van der Waals surface area contributed by atoms with Crippen LogP contribution in [0.5, 0.6) is 0 Å². The number of unbranched alkanes of at least 4 members (excludes halogenated alkanes) is 46. The quantitative estimate of drug-likeness (QED) is 0.0261. The highest BCUT2D eigenvalue weighted by Crippen LogP contribution is 2.19. The zero-order chi connectivity index (χ0) is 57.1. The predicted octanol–water partition coefficient (Wildman–Crippen LogP) is 24.1. The molecule has 0 bridgehead atoms. The standard InChI is InChI=1S/C73H134O6/c1-4-7-10-13-16-19-22-24-26-27-28-29-30-31-32-33-34-35-36-37-38-39-40-41-42-43-44-45-47-48-51-54-57-60-63-66-72(75)78-69-70(68-77-71(74)65-62-59-56-53-50-21-18-15-12-9-6-3)79-73(76)67-64-61-58-55-52-49-46-25-23-20-17-14-11-8-5-2/h8,11,15,17-18,20,25,46,70H,4-7,9-10,12-14,16,19,21-24,26-45,47-69H2,1-3H3/b11-8-,18-15-,20-17-,46-25-. The van der Waals surface area contributed by atoms with E-state index in [1.54, 1.807) is 0 Å². The zero-order valence-corrected chi connectivity index (χ0v) is 53.2. The molecule has 0 aromatic rings. The van der Waals surface area contributed by atoms with Crippen LogP contribution in [0.1, 0.15) is 380 Å². The van der Waals surface area contributed by atoms with Crippen LogP contribution in [0, 0.1) is 0 Å². The van der Waals surface area contributed by atoms with Gasteiger partial charge in [-0.15, -0.1) is 0 Å². The van der Waals surface area contributed by atoms with Crippen molar-refractivity contribution in [2.45, 2.75) is 386 Å². The molecule has 0 N–H and O–H groups in total. The molecule has 6 heteroatoms. The lowest BCUT2D eigenvalue weighted by atomic mass is 10.0. The third-order valence-electron chi connectivity index (χ3n) is 15.8. The second-order valence-corrected chi connectivity index (χ2v) is 23.8. The molecule has 0 amide bonds. The molecule has 0 aliphatic heterocycles. The average molecular weight is 1110 g/mol. The number of carbonyl (C=O) groups excluding carboxylic acids is 3. The maximum absolute atomic E-state index is 12.9. The van der Waals surface area contributed by atoms with Gasteiger partial charge in [-0.25, -0.2) is 0 Å². The van der Waals surface area contributed by atoms with Gasteiger partial charge in [-0.2, -0.15) is 0 Å². The number of esters is 3. The summed E-state index contributed by atoms with van der Waals surface area (Å²) >= 11 is 0. The van der Waals surface area contributed by atoms with Gasteiger partial charge in [0.25, 0.3) is 0 Å². The summed E-state index contributed by atoms with van der Waals surface area (Å²) in [5.74, 6) is -0.889. The molecule has 0 heterocycles. The minimum Gasteiger partial charge on any atom is -0.462 e. The van der Waals surface area contributed by atoms with Gasteiger partial charge in [0.15, 0.2) is 6.10 Å². The summed E-state index contributed by atoms with van der Waals surface area (Å²) in [5.41, 5.74) is 0. The molecule has 0 aromatic carbocycles. The van der Waals surface area contributed by atoms with Crippen LogP contribution in [0.15, 0.2) is 48.6 Å². The van der Waals surface area contributed by atoms with Crippen molar-refractivity contribution in [2.24, 2.45) is 0 Å². The molecule has 1 unspecified atom stereocenters. The Balaban J connectivity index is 4.01. The summed E-state index contributed by atoms with van der Waals surface area (Å²) < 4.78 is 16.9. The molecule has 0 saturated heterocycles. The molecule has 0 spiro atoms. The Labute approximate surface area is 492 Å². The lowest BCUT2D eigenvalue weighted by Gasteiger charge is -2.18. The van der Waals surface area contributed by atoms with E-state index >= 15 is 0 Å². The fraction of sp³-hybridized carbons (Fsp3) is 0.849. The molecule has 0 aromatic heterocycles. The van der Waals surface area contributed by atoms with E-state index in [4.69, 9.17) is 14.2 Å². The Bertz CT molecular complexity index is 1360. The topological polar surface area (TPSA) is 78.9 Å². The fourth-order valence-corrected chi connectivity index (χ4v) is 10.6. The van der Waals surface area contributed by atoms with Gasteiger partial charge in [-0.1, -0.05) is 339 Å². The van der Waals surface area contributed by atoms with Gasteiger partial charge in [0, 0.05) is 19.3 Å². The molecule has 0 aliphatic rings. The van der Waals surface area contributed by atoms with Crippen molar-refractivity contribution in [1.29, 1.82) is 0 Å². The fourth-order valence-electron chi connectivity index (χ4n) is 10.6. The molecule has 0 radical (unpaired) electrons. The molecule has 0 rings (SSSR count). The first-order chi connectivity index (χ1) is 39.0. The Kier molecular flexibility index (Phi) is 65.6. The van der Waals surface area contributed by atoms with E-state index in [0.717, 1.165) is 103 Å². The van der Waals surface area contributed by atoms with E-state index in [2.05, 4.69) is 69.4 Å². The Hall–Kier alpha value is -2.63. The van der Waals surface area contributed by atoms with E-state index in [9.17, 15) is 14.4 Å². The average Bonchev–Trinajstić information content (AvgIpc) is 3.45. The Morgan fingerprint density at radius 3 is 0.823 bits per heavy atom. The SMILES string of the molecule is CC/C=C\C/C=C\C/C=C\CCCCCCCC(=O)OC(COC(=O)CCCCCCC/C=C\CCCC)COC(=O)CCCCCCCCCCCCCCCCCCCCCCCCCCCCCCCCCCCCC. The summed E-state index contributed by atoms with van der Waals surface area (Å²) in [4.78, 5) is 38.2. The van der Waals surface area contributed by atoms with Gasteiger partial charge in [0.2, 0.25) is 0 Å². The van der Waals surface area contributed by atoms with Crippen LogP contribution in [0.3, 0.4) is 0 Å². The van der Waals surface area contributed by atoms with Crippen molar-refractivity contribution >= 4 is 17.9 Å². The minimum atomic E-state index is -0.784. The highest BCUT2D eigenvalue weighted by molar-refractivity contribution is 5.71. The second kappa shape index (κ2) is 67.9. The lowest BCUT2D eigenvalue weighted by Crippen LogP contribution is -2.30.